The highest BCUT2D eigenvalue weighted by Gasteiger charge is 2.28. The molecule has 0 aromatic heterocycles. The summed E-state index contributed by atoms with van der Waals surface area (Å²) in [7, 11) is 1.29. The highest BCUT2D eigenvalue weighted by atomic mass is 16.5. The van der Waals surface area contributed by atoms with Crippen LogP contribution in [0, 0.1) is 5.92 Å². The molecule has 0 aliphatic carbocycles. The number of hydrogen-bond acceptors (Lipinski definition) is 4. The molecule has 2 atom stereocenters. The lowest BCUT2D eigenvalue weighted by Crippen LogP contribution is -2.53. The van der Waals surface area contributed by atoms with Crippen LogP contribution in [0.5, 0.6) is 0 Å². The van der Waals surface area contributed by atoms with E-state index in [2.05, 4.69) is 16.0 Å². The molecule has 2 aromatic carbocycles. The van der Waals surface area contributed by atoms with E-state index in [-0.39, 0.29) is 12.3 Å². The van der Waals surface area contributed by atoms with Crippen LogP contribution in [0.1, 0.15) is 38.3 Å². The summed E-state index contributed by atoms with van der Waals surface area (Å²) in [6.45, 7) is 5.92. The molecule has 7 heteroatoms. The monoisotopic (exact) mass is 439 g/mol. The lowest BCUT2D eigenvalue weighted by Gasteiger charge is -2.23. The summed E-state index contributed by atoms with van der Waals surface area (Å²) in [5, 5.41) is 8.35. The lowest BCUT2D eigenvalue weighted by atomic mass is 10.0. The van der Waals surface area contributed by atoms with Gasteiger partial charge >= 0.3 is 12.0 Å². The number of nitrogens with one attached hydrogen (secondary N) is 3. The van der Waals surface area contributed by atoms with E-state index in [1.807, 2.05) is 75.4 Å². The molecule has 3 amide bonds. The summed E-state index contributed by atoms with van der Waals surface area (Å²) in [6, 6.07) is 14.8. The van der Waals surface area contributed by atoms with Crippen LogP contribution in [0.15, 0.2) is 54.6 Å². The molecular weight excluding hydrogens is 406 g/mol. The van der Waals surface area contributed by atoms with Gasteiger partial charge in [0.1, 0.15) is 12.1 Å². The quantitative estimate of drug-likeness (QED) is 0.492. The molecule has 172 valence electrons. The molecule has 0 heterocycles. The zero-order chi connectivity index (χ0) is 23.5. The second kappa shape index (κ2) is 12.5. The van der Waals surface area contributed by atoms with E-state index in [1.165, 1.54) is 7.11 Å². The molecule has 7 nitrogen and oxygen atoms in total. The van der Waals surface area contributed by atoms with Gasteiger partial charge in [-0.2, -0.15) is 0 Å². The molecule has 0 saturated carbocycles. The number of amides is 3. The summed E-state index contributed by atoms with van der Waals surface area (Å²) in [4.78, 5) is 38.0. The fourth-order valence-electron chi connectivity index (χ4n) is 3.43. The number of carbonyl (C=O) groups excluding carboxylic acids is 3. The molecule has 0 spiro atoms. The largest absolute Gasteiger partial charge is 0.467 e. The van der Waals surface area contributed by atoms with Gasteiger partial charge in [0, 0.05) is 12.1 Å². The lowest BCUT2D eigenvalue weighted by molar-refractivity contribution is -0.145. The summed E-state index contributed by atoms with van der Waals surface area (Å²) in [5.41, 5.74) is 2.58. The number of aryl methyl sites for hydroxylation is 1. The number of methoxy groups -OCH3 is 1. The number of rotatable bonds is 10. The predicted octanol–water partition coefficient (Wildman–Crippen LogP) is 3.69. The molecule has 2 aromatic rings. The van der Waals surface area contributed by atoms with Crippen molar-refractivity contribution in [1.29, 1.82) is 0 Å². The number of anilines is 1. The van der Waals surface area contributed by atoms with E-state index in [0.717, 1.165) is 17.5 Å². The third kappa shape index (κ3) is 7.72. The highest BCUT2D eigenvalue weighted by Crippen LogP contribution is 2.15. The van der Waals surface area contributed by atoms with E-state index in [1.54, 1.807) is 0 Å². The average molecular weight is 440 g/mol. The first-order valence-corrected chi connectivity index (χ1v) is 10.9. The van der Waals surface area contributed by atoms with Crippen molar-refractivity contribution >= 4 is 23.6 Å². The second-order valence-corrected chi connectivity index (χ2v) is 8.07. The Morgan fingerprint density at radius 3 is 2.19 bits per heavy atom. The molecule has 2 unspecified atom stereocenters. The van der Waals surface area contributed by atoms with Gasteiger partial charge in [-0.25, -0.2) is 9.59 Å². The van der Waals surface area contributed by atoms with E-state index in [0.29, 0.717) is 12.1 Å². The van der Waals surface area contributed by atoms with Crippen LogP contribution in [-0.2, 0) is 27.2 Å². The zero-order valence-electron chi connectivity index (χ0n) is 19.2. The molecule has 0 aliphatic heterocycles. The normalized spacial score (nSPS) is 12.5. The van der Waals surface area contributed by atoms with Crippen molar-refractivity contribution in [1.82, 2.24) is 10.6 Å². The van der Waals surface area contributed by atoms with Gasteiger partial charge in [-0.15, -0.1) is 0 Å². The minimum atomic E-state index is -0.870. The van der Waals surface area contributed by atoms with Crippen LogP contribution in [0.4, 0.5) is 10.5 Å². The van der Waals surface area contributed by atoms with E-state index >= 15 is 0 Å². The Morgan fingerprint density at radius 2 is 1.56 bits per heavy atom. The predicted molar refractivity (Wildman–Crippen MR) is 125 cm³/mol. The van der Waals surface area contributed by atoms with E-state index < -0.39 is 30.0 Å². The van der Waals surface area contributed by atoms with Gasteiger partial charge < -0.3 is 20.7 Å². The summed E-state index contributed by atoms with van der Waals surface area (Å²) < 4.78 is 4.84. The van der Waals surface area contributed by atoms with Crippen LogP contribution in [0.3, 0.4) is 0 Å². The molecule has 0 radical (unpaired) electrons. The third-order valence-corrected chi connectivity index (χ3v) is 5.06. The number of carbonyl (C=O) groups is 3. The fourth-order valence-corrected chi connectivity index (χ4v) is 3.43. The maximum Gasteiger partial charge on any atom is 0.328 e. The van der Waals surface area contributed by atoms with Crippen LogP contribution < -0.4 is 16.0 Å². The Hall–Kier alpha value is -3.35. The summed E-state index contributed by atoms with van der Waals surface area (Å²) in [6.07, 6.45) is 1.48. The van der Waals surface area contributed by atoms with Gasteiger partial charge in [0.15, 0.2) is 0 Å². The molecule has 0 fully saturated rings. The van der Waals surface area contributed by atoms with Crippen LogP contribution >= 0.6 is 0 Å². The van der Waals surface area contributed by atoms with Crippen molar-refractivity contribution in [3.05, 3.63) is 65.7 Å². The first-order chi connectivity index (χ1) is 15.3. The van der Waals surface area contributed by atoms with E-state index in [9.17, 15) is 14.4 Å². The average Bonchev–Trinajstić information content (AvgIpc) is 2.78. The topological polar surface area (TPSA) is 96.5 Å². The Labute approximate surface area is 189 Å². The smallest absolute Gasteiger partial charge is 0.328 e. The van der Waals surface area contributed by atoms with Gasteiger partial charge in [0.25, 0.3) is 0 Å². The van der Waals surface area contributed by atoms with Crippen LogP contribution in [0.25, 0.3) is 0 Å². The first kappa shape index (κ1) is 24.9. The van der Waals surface area contributed by atoms with Gasteiger partial charge in [-0.05, 0) is 36.0 Å². The number of hydrogen-bond donors (Lipinski definition) is 3. The van der Waals surface area contributed by atoms with Crippen LogP contribution in [0.2, 0.25) is 0 Å². The van der Waals surface area contributed by atoms with Gasteiger partial charge in [-0.3, -0.25) is 4.79 Å². The maximum atomic E-state index is 13.1. The van der Waals surface area contributed by atoms with Crippen molar-refractivity contribution in [2.45, 2.75) is 52.1 Å². The Bertz CT molecular complexity index is 899. The van der Waals surface area contributed by atoms with Gasteiger partial charge in [0.2, 0.25) is 5.91 Å². The summed E-state index contributed by atoms with van der Waals surface area (Å²) >= 11 is 0. The molecule has 2 rings (SSSR count). The minimum Gasteiger partial charge on any atom is -0.467 e. The second-order valence-electron chi connectivity index (χ2n) is 8.07. The number of ether oxygens (including phenoxy) is 1. The molecule has 0 aliphatic rings. The van der Waals surface area contributed by atoms with Crippen molar-refractivity contribution < 1.29 is 19.1 Å². The molecule has 0 saturated heterocycles. The third-order valence-electron chi connectivity index (χ3n) is 5.06. The van der Waals surface area contributed by atoms with Crippen molar-refractivity contribution in [2.75, 3.05) is 12.4 Å². The number of urea groups is 1. The van der Waals surface area contributed by atoms with Gasteiger partial charge in [0.05, 0.1) is 7.11 Å². The molecule has 0 bridgehead atoms. The maximum absolute atomic E-state index is 13.1. The zero-order valence-corrected chi connectivity index (χ0v) is 19.2. The highest BCUT2D eigenvalue weighted by molar-refractivity contribution is 5.95. The number of esters is 1. The van der Waals surface area contributed by atoms with Gasteiger partial charge in [-0.1, -0.05) is 69.3 Å². The number of benzene rings is 2. The standard InChI is InChI=1S/C25H33N3O4/c1-5-19-13-9-10-14-20(19)27-25(31)28-21(16-18-11-7-6-8-12-18)23(29)26-22(15-17(2)3)24(30)32-4/h6-14,17,21-22H,5,15-16H2,1-4H3,(H,26,29)(H2,27,28,31). The molecular formula is C25H33N3O4. The fraction of sp³-hybridized carbons (Fsp3) is 0.400. The molecule has 32 heavy (non-hydrogen) atoms. The number of para-hydroxylation sites is 1. The Kier molecular flexibility index (Phi) is 9.73. The van der Waals surface area contributed by atoms with Crippen molar-refractivity contribution in [2.24, 2.45) is 5.92 Å². The van der Waals surface area contributed by atoms with E-state index in [4.69, 9.17) is 4.74 Å². The van der Waals surface area contributed by atoms with Crippen molar-refractivity contribution in [3.63, 3.8) is 0 Å². The molecule has 3 N–H and O–H groups in total. The minimum absolute atomic E-state index is 0.175. The Balaban J connectivity index is 2.18. The first-order valence-electron chi connectivity index (χ1n) is 10.9. The Morgan fingerprint density at radius 1 is 0.906 bits per heavy atom. The SMILES string of the molecule is CCc1ccccc1NC(=O)NC(Cc1ccccc1)C(=O)NC(CC(C)C)C(=O)OC. The van der Waals surface area contributed by atoms with Crippen LogP contribution in [-0.4, -0.2) is 37.1 Å². The van der Waals surface area contributed by atoms with Crippen molar-refractivity contribution in [3.8, 4) is 0 Å². The summed E-state index contributed by atoms with van der Waals surface area (Å²) in [5.74, 6) is -0.774.